The molecule has 0 saturated heterocycles. The van der Waals surface area contributed by atoms with Gasteiger partial charge in [0.15, 0.2) is 0 Å². The Bertz CT molecular complexity index is 1350. The van der Waals surface area contributed by atoms with Crippen LogP contribution in [0.2, 0.25) is 0 Å². The van der Waals surface area contributed by atoms with Gasteiger partial charge in [-0.15, -0.1) is 0 Å². The Labute approximate surface area is 407 Å². The maximum atomic E-state index is 12.9. The van der Waals surface area contributed by atoms with Crippen LogP contribution < -0.4 is 5.32 Å². The minimum atomic E-state index is -4.37. The van der Waals surface area contributed by atoms with E-state index in [-0.39, 0.29) is 25.5 Å². The summed E-state index contributed by atoms with van der Waals surface area (Å²) in [6, 6.07) is -0.899. The van der Waals surface area contributed by atoms with Crippen LogP contribution in [0.3, 0.4) is 0 Å². The molecular formula is C57H104N2O6P+. The van der Waals surface area contributed by atoms with Gasteiger partial charge in [0.2, 0.25) is 5.91 Å². The number of quaternary nitrogens is 1. The third kappa shape index (κ3) is 49.6. The number of aliphatic hydroxyl groups is 1. The highest BCUT2D eigenvalue weighted by Crippen LogP contribution is 2.43. The van der Waals surface area contributed by atoms with Crippen LogP contribution in [0, 0.1) is 0 Å². The van der Waals surface area contributed by atoms with Gasteiger partial charge in [0.25, 0.3) is 0 Å². The quantitative estimate of drug-likeness (QED) is 0.0243. The first-order valence-electron chi connectivity index (χ1n) is 27.0. The molecule has 8 nitrogen and oxygen atoms in total. The normalized spacial score (nSPS) is 14.7. The van der Waals surface area contributed by atoms with E-state index in [4.69, 9.17) is 9.05 Å². The van der Waals surface area contributed by atoms with Gasteiger partial charge in [0.1, 0.15) is 13.2 Å². The number of carbonyl (C=O) groups excluding carboxylic acids is 1. The number of nitrogens with zero attached hydrogens (tertiary/aromatic N) is 1. The van der Waals surface area contributed by atoms with Gasteiger partial charge >= 0.3 is 7.82 Å². The zero-order valence-corrected chi connectivity index (χ0v) is 44.3. The number of hydrogen-bond donors (Lipinski definition) is 3. The van der Waals surface area contributed by atoms with Crippen LogP contribution in [-0.2, 0) is 18.4 Å². The van der Waals surface area contributed by atoms with Crippen molar-refractivity contribution in [3.8, 4) is 0 Å². The number of aliphatic hydroxyl groups excluding tert-OH is 1. The first-order chi connectivity index (χ1) is 32.0. The van der Waals surface area contributed by atoms with Crippen molar-refractivity contribution in [3.63, 3.8) is 0 Å². The van der Waals surface area contributed by atoms with E-state index in [0.717, 1.165) is 57.8 Å². The van der Waals surface area contributed by atoms with Crippen LogP contribution in [0.5, 0.6) is 0 Å². The molecule has 3 atom stereocenters. The summed E-state index contributed by atoms with van der Waals surface area (Å²) in [5.41, 5.74) is 0. The van der Waals surface area contributed by atoms with Crippen LogP contribution in [0.4, 0.5) is 0 Å². The summed E-state index contributed by atoms with van der Waals surface area (Å²) in [5, 5.41) is 13.8. The average Bonchev–Trinajstić information content (AvgIpc) is 3.28. The van der Waals surface area contributed by atoms with E-state index in [0.29, 0.717) is 17.4 Å². The molecule has 3 N–H and O–H groups in total. The predicted octanol–water partition coefficient (Wildman–Crippen LogP) is 16.1. The van der Waals surface area contributed by atoms with Crippen LogP contribution in [0.1, 0.15) is 219 Å². The molecule has 0 aliphatic carbocycles. The number of carbonyl (C=O) groups is 1. The molecule has 0 aliphatic heterocycles. The Morgan fingerprint density at radius 1 is 0.530 bits per heavy atom. The zero-order chi connectivity index (χ0) is 48.5. The SMILES string of the molecule is CC/C=C\C/C=C\C/C=C\C/C=C\C/C=C\CCCC(=O)NC(COP(=O)(O)OCC[N+](C)(C)C)C(O)/C=C/CC/C=C/CCCCCCCCCCCCCCCCCCCCCCC. The second-order valence-corrected chi connectivity index (χ2v) is 20.7. The van der Waals surface area contributed by atoms with Crippen molar-refractivity contribution in [1.29, 1.82) is 0 Å². The lowest BCUT2D eigenvalue weighted by Gasteiger charge is -2.25. The lowest BCUT2D eigenvalue weighted by molar-refractivity contribution is -0.870. The highest BCUT2D eigenvalue weighted by atomic mass is 31.2. The number of amides is 1. The van der Waals surface area contributed by atoms with E-state index < -0.39 is 20.0 Å². The summed E-state index contributed by atoms with van der Waals surface area (Å²) < 4.78 is 23.6. The van der Waals surface area contributed by atoms with E-state index >= 15 is 0 Å². The number of rotatable bonds is 48. The molecule has 0 aromatic rings. The highest BCUT2D eigenvalue weighted by molar-refractivity contribution is 7.47. The molecule has 382 valence electrons. The van der Waals surface area contributed by atoms with Crippen LogP contribution in [0.15, 0.2) is 85.1 Å². The summed E-state index contributed by atoms with van der Waals surface area (Å²) >= 11 is 0. The molecule has 0 saturated carbocycles. The molecule has 0 heterocycles. The summed E-state index contributed by atoms with van der Waals surface area (Å²) in [7, 11) is 1.51. The Morgan fingerprint density at radius 2 is 0.924 bits per heavy atom. The molecule has 0 aromatic heterocycles. The predicted molar refractivity (Wildman–Crippen MR) is 286 cm³/mol. The van der Waals surface area contributed by atoms with Gasteiger partial charge in [-0.05, 0) is 70.6 Å². The van der Waals surface area contributed by atoms with Crippen molar-refractivity contribution in [2.75, 3.05) is 40.9 Å². The summed E-state index contributed by atoms with van der Waals surface area (Å²) in [6.07, 6.45) is 67.0. The minimum Gasteiger partial charge on any atom is -0.387 e. The van der Waals surface area contributed by atoms with Gasteiger partial charge in [-0.1, -0.05) is 227 Å². The van der Waals surface area contributed by atoms with E-state index in [1.165, 1.54) is 135 Å². The minimum absolute atomic E-state index is 0.0414. The van der Waals surface area contributed by atoms with Gasteiger partial charge < -0.3 is 19.8 Å². The highest BCUT2D eigenvalue weighted by Gasteiger charge is 2.27. The summed E-state index contributed by atoms with van der Waals surface area (Å²) in [4.78, 5) is 23.2. The fourth-order valence-electron chi connectivity index (χ4n) is 7.39. The Kier molecular flexibility index (Phi) is 46.1. The number of nitrogens with one attached hydrogen (secondary N) is 1. The van der Waals surface area contributed by atoms with Crippen molar-refractivity contribution in [2.24, 2.45) is 0 Å². The number of phosphoric ester groups is 1. The second-order valence-electron chi connectivity index (χ2n) is 19.2. The largest absolute Gasteiger partial charge is 0.472 e. The zero-order valence-electron chi connectivity index (χ0n) is 43.4. The Balaban J connectivity index is 4.35. The lowest BCUT2D eigenvalue weighted by atomic mass is 10.0. The molecule has 0 rings (SSSR count). The number of phosphoric acid groups is 1. The number of hydrogen-bond acceptors (Lipinski definition) is 5. The van der Waals surface area contributed by atoms with Crippen molar-refractivity contribution in [3.05, 3.63) is 85.1 Å². The molecule has 66 heavy (non-hydrogen) atoms. The maximum Gasteiger partial charge on any atom is 0.472 e. The van der Waals surface area contributed by atoms with E-state index in [2.05, 4.69) is 92.1 Å². The van der Waals surface area contributed by atoms with Crippen LogP contribution >= 0.6 is 7.82 Å². The summed E-state index contributed by atoms with van der Waals surface area (Å²) in [6.45, 7) is 4.64. The fraction of sp³-hybridized carbons (Fsp3) is 0.737. The lowest BCUT2D eigenvalue weighted by Crippen LogP contribution is -2.45. The molecule has 0 aromatic carbocycles. The second kappa shape index (κ2) is 47.7. The molecule has 0 bridgehead atoms. The first-order valence-corrected chi connectivity index (χ1v) is 28.5. The number of likely N-dealkylation sites (N-methyl/N-ethyl adjacent to an activating group) is 1. The smallest absolute Gasteiger partial charge is 0.387 e. The number of unbranched alkanes of at least 4 members (excludes halogenated alkanes) is 23. The van der Waals surface area contributed by atoms with E-state index in [1.807, 2.05) is 27.2 Å². The molecule has 0 radical (unpaired) electrons. The van der Waals surface area contributed by atoms with Crippen molar-refractivity contribution in [2.45, 2.75) is 231 Å². The van der Waals surface area contributed by atoms with Crippen molar-refractivity contribution < 1.29 is 32.9 Å². The van der Waals surface area contributed by atoms with E-state index in [9.17, 15) is 19.4 Å². The van der Waals surface area contributed by atoms with Gasteiger partial charge in [-0.2, -0.15) is 0 Å². The third-order valence-electron chi connectivity index (χ3n) is 11.6. The molecule has 0 spiro atoms. The molecule has 9 heteroatoms. The molecule has 0 fully saturated rings. The third-order valence-corrected chi connectivity index (χ3v) is 12.6. The Hall–Kier alpha value is -2.32. The topological polar surface area (TPSA) is 105 Å². The summed E-state index contributed by atoms with van der Waals surface area (Å²) in [5.74, 6) is -0.245. The average molecular weight is 944 g/mol. The molecule has 1 amide bonds. The monoisotopic (exact) mass is 944 g/mol. The molecular weight excluding hydrogens is 840 g/mol. The van der Waals surface area contributed by atoms with Gasteiger partial charge in [0.05, 0.1) is 39.9 Å². The maximum absolute atomic E-state index is 12.9. The molecule has 0 aliphatic rings. The van der Waals surface area contributed by atoms with Gasteiger partial charge in [-0.25, -0.2) is 4.57 Å². The first kappa shape index (κ1) is 63.7. The van der Waals surface area contributed by atoms with Crippen molar-refractivity contribution >= 4 is 13.7 Å². The van der Waals surface area contributed by atoms with Crippen LogP contribution in [-0.4, -0.2) is 73.4 Å². The van der Waals surface area contributed by atoms with E-state index in [1.54, 1.807) is 6.08 Å². The van der Waals surface area contributed by atoms with Crippen LogP contribution in [0.25, 0.3) is 0 Å². The standard InChI is InChI=1S/C57H103N2O6P/c1-6-8-10-12-14-16-18-20-22-24-25-26-27-28-29-30-31-32-33-35-36-38-40-42-44-46-48-50-56(60)55(54-65-66(62,63)64-53-52-59(3,4)5)58-57(61)51-49-47-45-43-41-39-37-34-23-21-19-17-15-13-11-9-7-2/h9,11,15,17,21,23,37,39-40,42-43,45,48,50,55-56,60H,6-8,10,12-14,16,18-20,22,24-36,38,41,44,46-47,49,51-54H2,1-5H3,(H-,58,61,62,63)/p+1/b11-9-,17-15-,23-21-,39-37-,42-40+,45-43-,50-48+. The number of allylic oxidation sites excluding steroid dienone is 13. The Morgan fingerprint density at radius 3 is 1.39 bits per heavy atom. The van der Waals surface area contributed by atoms with Gasteiger partial charge in [0, 0.05) is 6.42 Å². The van der Waals surface area contributed by atoms with Gasteiger partial charge in [-0.3, -0.25) is 13.8 Å². The van der Waals surface area contributed by atoms with Crippen molar-refractivity contribution in [1.82, 2.24) is 5.32 Å². The molecule has 3 unspecified atom stereocenters. The fourth-order valence-corrected chi connectivity index (χ4v) is 8.12.